The van der Waals surface area contributed by atoms with E-state index < -0.39 is 61.3 Å². The third-order valence-corrected chi connectivity index (χ3v) is 12.8. The van der Waals surface area contributed by atoms with E-state index in [1.54, 1.807) is 0 Å². The highest BCUT2D eigenvalue weighted by Crippen LogP contribution is 2.77. The van der Waals surface area contributed by atoms with Crippen LogP contribution >= 0.6 is 104 Å². The lowest BCUT2D eigenvalue weighted by molar-refractivity contribution is -0.157. The summed E-state index contributed by atoms with van der Waals surface area (Å²) in [6.45, 7) is 0. The zero-order valence-corrected chi connectivity index (χ0v) is 27.3. The second kappa shape index (κ2) is 11.1. The van der Waals surface area contributed by atoms with Crippen molar-refractivity contribution in [2.24, 2.45) is 11.8 Å². The molecule has 1 saturated heterocycles. The zero-order valence-electron chi connectivity index (χ0n) is 20.5. The van der Waals surface area contributed by atoms with E-state index in [1.807, 2.05) is 0 Å². The number of rotatable bonds is 7. The third-order valence-electron chi connectivity index (χ3n) is 7.58. The molecule has 0 spiro atoms. The molecule has 2 aliphatic carbocycles. The molecule has 222 valence electrons. The third kappa shape index (κ3) is 4.26. The number of carbonyl (C=O) groups excluding carboxylic acids is 4. The zero-order chi connectivity index (χ0) is 31.1. The summed E-state index contributed by atoms with van der Waals surface area (Å²) in [6.07, 6.45) is -0.246. The molecule has 2 bridgehead atoms. The molecule has 5 rings (SSSR count). The molecule has 16 heteroatoms. The van der Waals surface area contributed by atoms with Gasteiger partial charge < -0.3 is 0 Å². The van der Waals surface area contributed by atoms with Crippen LogP contribution in [-0.4, -0.2) is 59.5 Å². The first-order chi connectivity index (χ1) is 19.6. The number of nitrogens with zero attached hydrogens (tertiary/aromatic N) is 2. The van der Waals surface area contributed by atoms with Gasteiger partial charge in [0.05, 0.1) is 31.9 Å². The van der Waals surface area contributed by atoms with E-state index >= 15 is 0 Å². The first-order valence-corrected chi connectivity index (χ1v) is 15.5. The lowest BCUT2D eigenvalue weighted by atomic mass is 9.84. The number of hydrazine groups is 1. The first-order valence-electron chi connectivity index (χ1n) is 11.9. The number of Topliss-reactive ketones (excluding diaryl/α,β-unsaturated/α-hetero) is 1. The SMILES string of the molecule is O=C(c1ccc(F)cc1)[C@H](CCCl)N(C(=O)c1ccc(Cl)c(Cl)c1)N1C(=O)[C@@H]2[C@H](C1=O)[C@@]1(Cl)C(Cl)=C(Cl)[C@@]2(Cl)C1(Cl)Cl. The lowest BCUT2D eigenvalue weighted by Gasteiger charge is -2.39. The van der Waals surface area contributed by atoms with Crippen LogP contribution in [0.1, 0.15) is 27.1 Å². The van der Waals surface area contributed by atoms with Gasteiger partial charge in [-0.1, -0.05) is 69.6 Å². The summed E-state index contributed by atoms with van der Waals surface area (Å²) in [5, 5.41) is 0.543. The van der Waals surface area contributed by atoms with Crippen molar-refractivity contribution < 1.29 is 23.6 Å². The van der Waals surface area contributed by atoms with Gasteiger partial charge in [-0.25, -0.2) is 9.40 Å². The average molecular weight is 756 g/mol. The Labute approximate surface area is 283 Å². The molecular weight excluding hydrogens is 742 g/mol. The van der Waals surface area contributed by atoms with E-state index in [2.05, 4.69) is 0 Å². The minimum Gasteiger partial charge on any atom is -0.292 e. The minimum atomic E-state index is -2.22. The Morgan fingerprint density at radius 3 is 1.81 bits per heavy atom. The number of amides is 3. The van der Waals surface area contributed by atoms with Gasteiger partial charge in [-0.05, 0) is 48.9 Å². The van der Waals surface area contributed by atoms with E-state index in [1.165, 1.54) is 30.3 Å². The molecule has 2 aromatic rings. The molecule has 5 atom stereocenters. The van der Waals surface area contributed by atoms with Crippen LogP contribution in [0.15, 0.2) is 52.5 Å². The average Bonchev–Trinajstić information content (AvgIpc) is 3.33. The van der Waals surface area contributed by atoms with Crippen molar-refractivity contribution in [2.45, 2.75) is 26.5 Å². The van der Waals surface area contributed by atoms with E-state index in [9.17, 15) is 23.6 Å². The van der Waals surface area contributed by atoms with Crippen LogP contribution in [0.5, 0.6) is 0 Å². The number of hydrogen-bond acceptors (Lipinski definition) is 4. The molecule has 1 saturated carbocycles. The molecule has 3 aliphatic rings. The normalized spacial score (nSPS) is 28.4. The Morgan fingerprint density at radius 2 is 1.33 bits per heavy atom. The van der Waals surface area contributed by atoms with Gasteiger partial charge in [-0.15, -0.1) is 34.8 Å². The van der Waals surface area contributed by atoms with E-state index in [0.717, 1.165) is 12.1 Å². The standard InChI is InChI=1S/C26H14Cl9FN2O4/c27-8-7-15(18(39)10-1-4-12(36)5-2-10)37(21(40)11-3-6-13(28)14(29)9-11)38-22(41)16-17(23(38)42)25(33)20(31)19(30)24(16,32)26(25,34)35/h1-6,9,15-17H,7-8H2/t15-,16-,17+,24+,25+/m0/s1. The van der Waals surface area contributed by atoms with Crippen molar-refractivity contribution in [3.63, 3.8) is 0 Å². The number of benzene rings is 2. The Kier molecular flexibility index (Phi) is 8.57. The predicted molar refractivity (Wildman–Crippen MR) is 162 cm³/mol. The highest BCUT2D eigenvalue weighted by atomic mass is 35.5. The Bertz CT molecular complexity index is 1540. The number of halogens is 10. The van der Waals surface area contributed by atoms with Crippen LogP contribution < -0.4 is 0 Å². The summed E-state index contributed by atoms with van der Waals surface area (Å²) in [4.78, 5) is 52.0. The molecule has 1 aliphatic heterocycles. The summed E-state index contributed by atoms with van der Waals surface area (Å²) in [6, 6.07) is 6.67. The van der Waals surface area contributed by atoms with Crippen LogP contribution in [0.2, 0.25) is 10.0 Å². The van der Waals surface area contributed by atoms with Gasteiger partial charge >= 0.3 is 0 Å². The van der Waals surface area contributed by atoms with E-state index in [-0.39, 0.29) is 43.5 Å². The molecule has 3 amide bonds. The lowest BCUT2D eigenvalue weighted by Crippen LogP contribution is -2.60. The maximum Gasteiger partial charge on any atom is 0.273 e. The van der Waals surface area contributed by atoms with E-state index in [0.29, 0.717) is 10.0 Å². The molecule has 6 nitrogen and oxygen atoms in total. The van der Waals surface area contributed by atoms with Gasteiger partial charge in [-0.2, -0.15) is 5.01 Å². The fourth-order valence-corrected chi connectivity index (χ4v) is 9.03. The number of fused-ring (bicyclic) bond motifs is 5. The van der Waals surface area contributed by atoms with Crippen molar-refractivity contribution in [2.75, 3.05) is 5.88 Å². The number of imide groups is 1. The van der Waals surface area contributed by atoms with Crippen molar-refractivity contribution in [1.29, 1.82) is 0 Å². The molecular formula is C26H14Cl9FN2O4. The molecule has 1 heterocycles. The molecule has 0 radical (unpaired) electrons. The Morgan fingerprint density at radius 1 is 0.833 bits per heavy atom. The highest BCUT2D eigenvalue weighted by Gasteiger charge is 2.88. The van der Waals surface area contributed by atoms with Gasteiger partial charge in [0.2, 0.25) is 0 Å². The minimum absolute atomic E-state index is 0.0218. The maximum atomic E-state index is 14.2. The molecule has 2 fully saturated rings. The fraction of sp³-hybridized carbons (Fsp3) is 0.308. The summed E-state index contributed by atoms with van der Waals surface area (Å²) in [5.74, 6) is -7.91. The van der Waals surface area contributed by atoms with Crippen molar-refractivity contribution in [3.8, 4) is 0 Å². The largest absolute Gasteiger partial charge is 0.292 e. The summed E-state index contributed by atoms with van der Waals surface area (Å²) >= 11 is 57.8. The van der Waals surface area contributed by atoms with Crippen molar-refractivity contribution >= 4 is 128 Å². The number of alkyl halides is 5. The monoisotopic (exact) mass is 752 g/mol. The number of hydrogen-bond donors (Lipinski definition) is 0. The second-order valence-corrected chi connectivity index (χ2v) is 14.2. The van der Waals surface area contributed by atoms with Gasteiger partial charge in [0.1, 0.15) is 21.6 Å². The quantitative estimate of drug-likeness (QED) is 0.164. The summed E-state index contributed by atoms with van der Waals surface area (Å²) < 4.78 is 11.4. The van der Waals surface area contributed by atoms with Gasteiger partial charge in [0, 0.05) is 17.0 Å². The fourth-order valence-electron chi connectivity index (χ4n) is 5.60. The number of allylic oxidation sites excluding steroid dienone is 2. The molecule has 0 aromatic heterocycles. The maximum absolute atomic E-state index is 14.2. The highest BCUT2D eigenvalue weighted by molar-refractivity contribution is 6.66. The van der Waals surface area contributed by atoms with Crippen LogP contribution in [0.25, 0.3) is 0 Å². The predicted octanol–water partition coefficient (Wildman–Crippen LogP) is 7.82. The number of carbonyl (C=O) groups is 4. The topological polar surface area (TPSA) is 74.8 Å². The van der Waals surface area contributed by atoms with Crippen LogP contribution in [0.4, 0.5) is 4.39 Å². The van der Waals surface area contributed by atoms with E-state index in [4.69, 9.17) is 104 Å². The van der Waals surface area contributed by atoms with Crippen LogP contribution in [0.3, 0.4) is 0 Å². The smallest absolute Gasteiger partial charge is 0.273 e. The summed E-state index contributed by atoms with van der Waals surface area (Å²) in [5.41, 5.74) is -0.176. The first kappa shape index (κ1) is 32.4. The summed E-state index contributed by atoms with van der Waals surface area (Å²) in [7, 11) is 0. The van der Waals surface area contributed by atoms with Gasteiger partial charge in [0.25, 0.3) is 17.7 Å². The van der Waals surface area contributed by atoms with Gasteiger partial charge in [0.15, 0.2) is 10.1 Å². The molecule has 0 unspecified atom stereocenters. The van der Waals surface area contributed by atoms with Crippen molar-refractivity contribution in [1.82, 2.24) is 10.0 Å². The Hall–Kier alpha value is -1.000. The van der Waals surface area contributed by atoms with Crippen LogP contribution in [0, 0.1) is 17.7 Å². The van der Waals surface area contributed by atoms with Crippen LogP contribution in [-0.2, 0) is 9.59 Å². The van der Waals surface area contributed by atoms with Gasteiger partial charge in [-0.3, -0.25) is 19.2 Å². The second-order valence-electron chi connectivity index (χ2n) is 9.71. The van der Waals surface area contributed by atoms with Crippen molar-refractivity contribution in [3.05, 3.63) is 79.5 Å². The molecule has 42 heavy (non-hydrogen) atoms. The molecule has 2 aromatic carbocycles. The molecule has 0 N–H and O–H groups in total. The Balaban J connectivity index is 1.68. The number of ketones is 1.